The van der Waals surface area contributed by atoms with E-state index in [1.165, 1.54) is 0 Å². The number of aliphatic hydroxyl groups excluding tert-OH is 1. The van der Waals surface area contributed by atoms with Crippen LogP contribution in [0.4, 0.5) is 0 Å². The Balaban J connectivity index is 1.81. The van der Waals surface area contributed by atoms with E-state index >= 15 is 0 Å². The van der Waals surface area contributed by atoms with Crippen LogP contribution in [0, 0.1) is 0 Å². The molecule has 0 saturated heterocycles. The second-order valence-electron chi connectivity index (χ2n) is 6.84. The Labute approximate surface area is 154 Å². The van der Waals surface area contributed by atoms with Crippen LogP contribution in [0.1, 0.15) is 36.0 Å². The molecule has 0 radical (unpaired) electrons. The highest BCUT2D eigenvalue weighted by Crippen LogP contribution is 2.40. The summed E-state index contributed by atoms with van der Waals surface area (Å²) < 4.78 is 7.13. The highest BCUT2D eigenvalue weighted by atomic mass is 35.5. The molecule has 26 heavy (non-hydrogen) atoms. The molecule has 5 nitrogen and oxygen atoms in total. The second kappa shape index (κ2) is 5.64. The zero-order valence-electron chi connectivity index (χ0n) is 14.2. The molecular weight excluding hydrogens is 352 g/mol. The highest BCUT2D eigenvalue weighted by Gasteiger charge is 2.34. The third-order valence-electron chi connectivity index (χ3n) is 5.50. The maximum Gasteiger partial charge on any atom is 0.257 e. The topological polar surface area (TPSA) is 64.3 Å². The van der Waals surface area contributed by atoms with Crippen molar-refractivity contribution < 1.29 is 9.84 Å². The molecule has 6 heteroatoms. The summed E-state index contributed by atoms with van der Waals surface area (Å²) >= 11 is 6.65. The van der Waals surface area contributed by atoms with Crippen LogP contribution < -0.4 is 5.56 Å². The van der Waals surface area contributed by atoms with Gasteiger partial charge in [-0.15, -0.1) is 0 Å². The third kappa shape index (κ3) is 2.05. The van der Waals surface area contributed by atoms with Crippen LogP contribution in [0.3, 0.4) is 0 Å². The number of hydrogen-bond acceptors (Lipinski definition) is 4. The Bertz CT molecular complexity index is 1120. The van der Waals surface area contributed by atoms with Gasteiger partial charge in [0.15, 0.2) is 6.29 Å². The summed E-state index contributed by atoms with van der Waals surface area (Å²) in [4.78, 5) is 17.9. The maximum atomic E-state index is 13.1. The molecule has 2 atom stereocenters. The number of benzene rings is 1. The SMILES string of the molecule is CC[C@@H]1c2cc3n(c(=O)c2CO[C@H]1O)Cc1c-3nc2ccccc2c1Cl. The first-order valence-electron chi connectivity index (χ1n) is 8.74. The first kappa shape index (κ1) is 16.0. The number of pyridine rings is 2. The van der Waals surface area contributed by atoms with E-state index in [0.29, 0.717) is 23.6 Å². The lowest BCUT2D eigenvalue weighted by molar-refractivity contribution is -0.134. The lowest BCUT2D eigenvalue weighted by Crippen LogP contribution is -2.34. The van der Waals surface area contributed by atoms with E-state index in [9.17, 15) is 9.90 Å². The molecule has 0 saturated carbocycles. The van der Waals surface area contributed by atoms with Gasteiger partial charge in [-0.05, 0) is 24.1 Å². The minimum Gasteiger partial charge on any atom is -0.367 e. The largest absolute Gasteiger partial charge is 0.367 e. The molecule has 3 aromatic rings. The first-order chi connectivity index (χ1) is 12.6. The molecule has 0 spiro atoms. The molecule has 5 rings (SSSR count). The molecule has 1 aromatic carbocycles. The van der Waals surface area contributed by atoms with E-state index < -0.39 is 6.29 Å². The average Bonchev–Trinajstić information content (AvgIpc) is 3.01. The number of fused-ring (bicyclic) bond motifs is 5. The van der Waals surface area contributed by atoms with Crippen molar-refractivity contribution in [2.24, 2.45) is 0 Å². The molecule has 0 fully saturated rings. The van der Waals surface area contributed by atoms with Crippen LogP contribution in [0.2, 0.25) is 5.02 Å². The Kier molecular flexibility index (Phi) is 3.47. The summed E-state index contributed by atoms with van der Waals surface area (Å²) in [7, 11) is 0. The van der Waals surface area contributed by atoms with Crippen LogP contribution >= 0.6 is 11.6 Å². The lowest BCUT2D eigenvalue weighted by atomic mass is 9.90. The molecule has 0 aliphatic carbocycles. The number of nitrogens with zero attached hydrogens (tertiary/aromatic N) is 2. The number of rotatable bonds is 1. The van der Waals surface area contributed by atoms with Crippen LogP contribution in [-0.2, 0) is 17.9 Å². The van der Waals surface area contributed by atoms with E-state index in [4.69, 9.17) is 21.3 Å². The molecule has 2 aliphatic heterocycles. The number of para-hydroxylation sites is 1. The quantitative estimate of drug-likeness (QED) is 0.559. The summed E-state index contributed by atoms with van der Waals surface area (Å²) in [5, 5.41) is 11.7. The third-order valence-corrected chi connectivity index (χ3v) is 5.93. The number of aromatic nitrogens is 2. The van der Waals surface area contributed by atoms with Gasteiger partial charge in [-0.2, -0.15) is 0 Å². The minimum absolute atomic E-state index is 0.0824. The van der Waals surface area contributed by atoms with Crippen molar-refractivity contribution in [2.75, 3.05) is 0 Å². The van der Waals surface area contributed by atoms with E-state index in [2.05, 4.69) is 0 Å². The van der Waals surface area contributed by atoms with E-state index in [0.717, 1.165) is 33.4 Å². The van der Waals surface area contributed by atoms with Gasteiger partial charge in [-0.1, -0.05) is 36.7 Å². The fourth-order valence-electron chi connectivity index (χ4n) is 4.12. The molecule has 0 amide bonds. The zero-order chi connectivity index (χ0) is 18.0. The first-order valence-corrected chi connectivity index (χ1v) is 9.11. The molecule has 1 N–H and O–H groups in total. The maximum absolute atomic E-state index is 13.1. The molecule has 2 aliphatic rings. The van der Waals surface area contributed by atoms with Crippen molar-refractivity contribution in [3.63, 3.8) is 0 Å². The van der Waals surface area contributed by atoms with Crippen LogP contribution in [0.25, 0.3) is 22.3 Å². The van der Waals surface area contributed by atoms with Crippen molar-refractivity contribution >= 4 is 22.5 Å². The summed E-state index contributed by atoms with van der Waals surface area (Å²) in [6.07, 6.45) is -0.195. The lowest BCUT2D eigenvalue weighted by Gasteiger charge is -2.29. The minimum atomic E-state index is -0.885. The fraction of sp³-hybridized carbons (Fsp3) is 0.300. The number of halogens is 1. The smallest absolute Gasteiger partial charge is 0.257 e. The predicted octanol–water partition coefficient (Wildman–Crippen LogP) is 3.42. The molecule has 132 valence electrons. The van der Waals surface area contributed by atoms with Crippen LogP contribution in [-0.4, -0.2) is 20.9 Å². The van der Waals surface area contributed by atoms with Crippen molar-refractivity contribution in [2.45, 2.75) is 38.7 Å². The monoisotopic (exact) mass is 368 g/mol. The number of hydrogen-bond donors (Lipinski definition) is 1. The van der Waals surface area contributed by atoms with Gasteiger partial charge in [0.05, 0.1) is 35.1 Å². The Morgan fingerprint density at radius 1 is 1.35 bits per heavy atom. The second-order valence-corrected chi connectivity index (χ2v) is 7.22. The summed E-state index contributed by atoms with van der Waals surface area (Å²) in [5.74, 6) is -0.211. The summed E-state index contributed by atoms with van der Waals surface area (Å²) in [6, 6.07) is 9.71. The highest BCUT2D eigenvalue weighted by molar-refractivity contribution is 6.36. The van der Waals surface area contributed by atoms with Gasteiger partial charge in [-0.3, -0.25) is 4.79 Å². The van der Waals surface area contributed by atoms with Crippen molar-refractivity contribution in [1.82, 2.24) is 9.55 Å². The Morgan fingerprint density at radius 2 is 2.15 bits per heavy atom. The standard InChI is InChI=1S/C20H17ClN2O3/c1-2-10-12-7-16-18-13(17(21)11-5-3-4-6-15(11)22-18)8-23(16)19(24)14(12)9-26-20(10)25/h3-7,10,20,25H,2,8-9H2,1H3/t10-,20-/m1/s1. The number of aliphatic hydroxyl groups is 1. The Morgan fingerprint density at radius 3 is 2.96 bits per heavy atom. The number of ether oxygens (including phenoxy) is 1. The van der Waals surface area contributed by atoms with Crippen LogP contribution in [0.15, 0.2) is 35.1 Å². The van der Waals surface area contributed by atoms with Crippen LogP contribution in [0.5, 0.6) is 0 Å². The van der Waals surface area contributed by atoms with Gasteiger partial charge in [0.1, 0.15) is 0 Å². The molecule has 4 heterocycles. The average molecular weight is 369 g/mol. The van der Waals surface area contributed by atoms with E-state index in [1.807, 2.05) is 37.3 Å². The molecule has 0 unspecified atom stereocenters. The zero-order valence-corrected chi connectivity index (χ0v) is 15.0. The predicted molar refractivity (Wildman–Crippen MR) is 99.4 cm³/mol. The molecule has 0 bridgehead atoms. The van der Waals surface area contributed by atoms with Gasteiger partial charge in [0.25, 0.3) is 5.56 Å². The van der Waals surface area contributed by atoms with E-state index in [-0.39, 0.29) is 18.1 Å². The summed E-state index contributed by atoms with van der Waals surface area (Å²) in [5.41, 5.74) is 4.61. The van der Waals surface area contributed by atoms with Gasteiger partial charge < -0.3 is 14.4 Å². The van der Waals surface area contributed by atoms with Crippen molar-refractivity contribution in [1.29, 1.82) is 0 Å². The van der Waals surface area contributed by atoms with Gasteiger partial charge >= 0.3 is 0 Å². The van der Waals surface area contributed by atoms with E-state index in [1.54, 1.807) is 4.57 Å². The molecular formula is C20H17ClN2O3. The Hall–Kier alpha value is -2.21. The summed E-state index contributed by atoms with van der Waals surface area (Å²) in [6.45, 7) is 2.52. The van der Waals surface area contributed by atoms with Crippen molar-refractivity contribution in [3.05, 3.63) is 62.4 Å². The fourth-order valence-corrected chi connectivity index (χ4v) is 4.43. The van der Waals surface area contributed by atoms with Crippen molar-refractivity contribution in [3.8, 4) is 11.4 Å². The normalized spacial score (nSPS) is 20.7. The van der Waals surface area contributed by atoms with Gasteiger partial charge in [0.2, 0.25) is 0 Å². The van der Waals surface area contributed by atoms with Gasteiger partial charge in [0, 0.05) is 22.4 Å². The molecule has 2 aromatic heterocycles. The van der Waals surface area contributed by atoms with Gasteiger partial charge in [-0.25, -0.2) is 4.98 Å².